The predicted molar refractivity (Wildman–Crippen MR) is 93.0 cm³/mol. The summed E-state index contributed by atoms with van der Waals surface area (Å²) in [5, 5.41) is 0. The van der Waals surface area contributed by atoms with Gasteiger partial charge in [0, 0.05) is 6.07 Å². The molecule has 0 saturated heterocycles. The highest BCUT2D eigenvalue weighted by molar-refractivity contribution is 7.93. The molecule has 2 N–H and O–H groups in total. The molecule has 0 fully saturated rings. The molecule has 1 heterocycles. The lowest BCUT2D eigenvalue weighted by atomic mass is 10.3. The highest BCUT2D eigenvalue weighted by atomic mass is 32.2. The van der Waals surface area contributed by atoms with E-state index in [1.54, 1.807) is 24.3 Å². The lowest BCUT2D eigenvalue weighted by Gasteiger charge is -2.12. The number of ether oxygens (including phenoxy) is 3. The number of hydrogen-bond donors (Lipinski definition) is 2. The maximum Gasteiger partial charge on any atom is 0.264 e. The fourth-order valence-electron chi connectivity index (χ4n) is 2.48. The average molecular weight is 363 g/mol. The topological polar surface area (TPSA) is 103 Å². The summed E-state index contributed by atoms with van der Waals surface area (Å²) >= 11 is 0. The molecule has 3 rings (SSSR count). The second-order valence-corrected chi connectivity index (χ2v) is 6.72. The van der Waals surface area contributed by atoms with Gasteiger partial charge in [-0.15, -0.1) is 0 Å². The number of rotatable bonds is 6. The average Bonchev–Trinajstić information content (AvgIpc) is 3.09. The summed E-state index contributed by atoms with van der Waals surface area (Å²) in [5.74, 6) is 1.43. The molecule has 0 atom stereocenters. The van der Waals surface area contributed by atoms with Crippen molar-refractivity contribution in [2.75, 3.05) is 26.1 Å². The Hall–Kier alpha value is -2.94. The summed E-state index contributed by atoms with van der Waals surface area (Å²) < 4.78 is 43.7. The largest absolute Gasteiger partial charge is 0.494 e. The van der Waals surface area contributed by atoms with Crippen molar-refractivity contribution in [2.45, 2.75) is 4.90 Å². The van der Waals surface area contributed by atoms with Gasteiger partial charge in [0.25, 0.3) is 10.0 Å². The maximum absolute atomic E-state index is 12.8. The minimum atomic E-state index is -3.86. The van der Waals surface area contributed by atoms with Gasteiger partial charge in [0.15, 0.2) is 11.5 Å². The van der Waals surface area contributed by atoms with E-state index in [1.807, 2.05) is 0 Å². The summed E-state index contributed by atoms with van der Waals surface area (Å²) in [6, 6.07) is 7.77. The number of nitrogens with one attached hydrogen (secondary N) is 2. The van der Waals surface area contributed by atoms with Crippen LogP contribution >= 0.6 is 0 Å². The summed E-state index contributed by atoms with van der Waals surface area (Å²) in [6.07, 6.45) is 1.42. The molecule has 8 nitrogen and oxygen atoms in total. The highest BCUT2D eigenvalue weighted by Crippen LogP contribution is 2.32. The van der Waals surface area contributed by atoms with Crippen molar-refractivity contribution in [2.24, 2.45) is 0 Å². The second-order valence-electron chi connectivity index (χ2n) is 5.07. The second kappa shape index (κ2) is 6.52. The molecular formula is C16H17N3O5S. The molecule has 1 aromatic heterocycles. The van der Waals surface area contributed by atoms with Crippen molar-refractivity contribution in [3.05, 3.63) is 36.7 Å². The number of imidazole rings is 1. The van der Waals surface area contributed by atoms with Crippen LogP contribution in [0.1, 0.15) is 0 Å². The number of benzene rings is 2. The van der Waals surface area contributed by atoms with Crippen LogP contribution in [0.15, 0.2) is 41.6 Å². The number of nitrogens with zero attached hydrogens (tertiary/aromatic N) is 1. The minimum Gasteiger partial charge on any atom is -0.494 e. The van der Waals surface area contributed by atoms with Gasteiger partial charge in [-0.1, -0.05) is 0 Å². The molecule has 0 aliphatic heterocycles. The van der Waals surface area contributed by atoms with E-state index in [1.165, 1.54) is 33.7 Å². The van der Waals surface area contributed by atoms with E-state index in [-0.39, 0.29) is 4.90 Å². The minimum absolute atomic E-state index is 0.0411. The molecule has 2 aromatic carbocycles. The van der Waals surface area contributed by atoms with Gasteiger partial charge in [0.1, 0.15) is 21.7 Å². The van der Waals surface area contributed by atoms with E-state index in [4.69, 9.17) is 14.2 Å². The lowest BCUT2D eigenvalue weighted by Crippen LogP contribution is -2.13. The van der Waals surface area contributed by atoms with Crippen LogP contribution in [0.5, 0.6) is 17.2 Å². The molecule has 3 aromatic rings. The third-order valence-electron chi connectivity index (χ3n) is 3.65. The first kappa shape index (κ1) is 16.9. The quantitative estimate of drug-likeness (QED) is 0.697. The van der Waals surface area contributed by atoms with Gasteiger partial charge in [-0.25, -0.2) is 13.4 Å². The van der Waals surface area contributed by atoms with E-state index in [0.717, 1.165) is 0 Å². The van der Waals surface area contributed by atoms with Crippen molar-refractivity contribution in [1.29, 1.82) is 0 Å². The molecule has 0 spiro atoms. The number of methoxy groups -OCH3 is 3. The van der Waals surface area contributed by atoms with Gasteiger partial charge in [-0.05, 0) is 24.3 Å². The van der Waals surface area contributed by atoms with Gasteiger partial charge in [-0.3, -0.25) is 4.72 Å². The van der Waals surface area contributed by atoms with Crippen molar-refractivity contribution < 1.29 is 22.6 Å². The zero-order valence-electron chi connectivity index (χ0n) is 13.9. The number of anilines is 1. The van der Waals surface area contributed by atoms with Crippen molar-refractivity contribution in [1.82, 2.24) is 9.97 Å². The number of H-pyrrole nitrogens is 1. The monoisotopic (exact) mass is 363 g/mol. The van der Waals surface area contributed by atoms with Crippen LogP contribution in [-0.2, 0) is 10.0 Å². The number of aromatic nitrogens is 2. The fraction of sp³-hybridized carbons (Fsp3) is 0.188. The fourth-order valence-corrected chi connectivity index (χ4v) is 3.68. The molecule has 25 heavy (non-hydrogen) atoms. The van der Waals surface area contributed by atoms with Gasteiger partial charge in [0.05, 0.1) is 33.3 Å². The van der Waals surface area contributed by atoms with Gasteiger partial charge in [0.2, 0.25) is 0 Å². The molecule has 9 heteroatoms. The van der Waals surface area contributed by atoms with Crippen LogP contribution in [0.25, 0.3) is 11.0 Å². The number of fused-ring (bicyclic) bond motifs is 1. The van der Waals surface area contributed by atoms with Crippen LogP contribution in [0.2, 0.25) is 0 Å². The number of hydrogen-bond acceptors (Lipinski definition) is 6. The van der Waals surface area contributed by atoms with E-state index in [0.29, 0.717) is 34.0 Å². The lowest BCUT2D eigenvalue weighted by molar-refractivity contribution is 0.355. The first-order valence-corrected chi connectivity index (χ1v) is 8.73. The summed E-state index contributed by atoms with van der Waals surface area (Å²) in [5.41, 5.74) is 1.15. The Morgan fingerprint density at radius 2 is 1.64 bits per heavy atom. The van der Waals surface area contributed by atoms with Gasteiger partial charge < -0.3 is 19.2 Å². The molecule has 0 radical (unpaired) electrons. The molecule has 0 bridgehead atoms. The number of sulfonamides is 1. The summed E-state index contributed by atoms with van der Waals surface area (Å²) in [4.78, 5) is 7.02. The Bertz CT molecular complexity index is 1010. The van der Waals surface area contributed by atoms with Crippen LogP contribution in [0, 0.1) is 0 Å². The smallest absolute Gasteiger partial charge is 0.264 e. The zero-order valence-corrected chi connectivity index (χ0v) is 14.7. The van der Waals surface area contributed by atoms with E-state index in [2.05, 4.69) is 14.7 Å². The van der Waals surface area contributed by atoms with E-state index < -0.39 is 10.0 Å². The van der Waals surface area contributed by atoms with Crippen LogP contribution in [0.4, 0.5) is 5.69 Å². The molecule has 0 unspecified atom stereocenters. The highest BCUT2D eigenvalue weighted by Gasteiger charge is 2.21. The van der Waals surface area contributed by atoms with E-state index >= 15 is 0 Å². The van der Waals surface area contributed by atoms with Crippen LogP contribution in [0.3, 0.4) is 0 Å². The standard InChI is InChI=1S/C16H17N3O5S/c1-22-11-5-4-10(8-13(11)24-3)19-25(20,21)14-7-6-12(23-2)15-16(14)18-9-17-15/h4-9,19H,1-3H3,(H,17,18). The van der Waals surface area contributed by atoms with Crippen molar-refractivity contribution in [3.8, 4) is 17.2 Å². The maximum atomic E-state index is 12.8. The molecular weight excluding hydrogens is 346 g/mol. The molecule has 0 aliphatic carbocycles. The Morgan fingerprint density at radius 3 is 2.32 bits per heavy atom. The summed E-state index contributed by atoms with van der Waals surface area (Å²) in [7, 11) is 0.628. The molecule has 0 saturated carbocycles. The Labute approximate surface area is 144 Å². The first-order valence-electron chi connectivity index (χ1n) is 7.25. The molecule has 132 valence electrons. The third-order valence-corrected chi connectivity index (χ3v) is 5.06. The summed E-state index contributed by atoms with van der Waals surface area (Å²) in [6.45, 7) is 0. The van der Waals surface area contributed by atoms with E-state index in [9.17, 15) is 8.42 Å². The Morgan fingerprint density at radius 1 is 0.960 bits per heavy atom. The normalized spacial score (nSPS) is 11.3. The Balaban J connectivity index is 2.02. The predicted octanol–water partition coefficient (Wildman–Crippen LogP) is 2.39. The third kappa shape index (κ3) is 3.05. The Kier molecular flexibility index (Phi) is 4.41. The molecule has 0 amide bonds. The van der Waals surface area contributed by atoms with Crippen LogP contribution < -0.4 is 18.9 Å². The van der Waals surface area contributed by atoms with Crippen molar-refractivity contribution in [3.63, 3.8) is 0 Å². The SMILES string of the molecule is COc1ccc(NS(=O)(=O)c2ccc(OC)c3[nH]cnc23)cc1OC. The van der Waals surface area contributed by atoms with Crippen molar-refractivity contribution >= 4 is 26.7 Å². The number of aromatic amines is 1. The van der Waals surface area contributed by atoms with Gasteiger partial charge in [-0.2, -0.15) is 0 Å². The zero-order chi connectivity index (χ0) is 18.0. The molecule has 0 aliphatic rings. The first-order chi connectivity index (χ1) is 12.0. The van der Waals surface area contributed by atoms with Crippen LogP contribution in [-0.4, -0.2) is 39.7 Å². The van der Waals surface area contributed by atoms with Gasteiger partial charge >= 0.3 is 0 Å².